The van der Waals surface area contributed by atoms with Crippen LogP contribution in [0.15, 0.2) is 218 Å². The monoisotopic (exact) mass is 948 g/mol. The van der Waals surface area contributed by atoms with Gasteiger partial charge < -0.3 is 0 Å². The van der Waals surface area contributed by atoms with Gasteiger partial charge in [0.1, 0.15) is 0 Å². The summed E-state index contributed by atoms with van der Waals surface area (Å²) in [5.74, 6) is 0. The molecule has 6 aromatic heterocycles. The summed E-state index contributed by atoms with van der Waals surface area (Å²) in [6.07, 6.45) is 0. The molecule has 66 heavy (non-hydrogen) atoms. The third-order valence-electron chi connectivity index (χ3n) is 12.4. The fourth-order valence-corrected chi connectivity index (χ4v) is 14.8. The van der Waals surface area contributed by atoms with Gasteiger partial charge in [-0.1, -0.05) is 146 Å². The molecule has 22 heterocycles. The zero-order valence-corrected chi connectivity index (χ0v) is 40.1. The molecule has 0 saturated heterocycles. The Kier molecular flexibility index (Phi) is 10.1. The van der Waals surface area contributed by atoms with Crippen molar-refractivity contribution in [2.45, 2.75) is 0 Å². The first kappa shape index (κ1) is 39.8. The second kappa shape index (κ2) is 16.7. The highest BCUT2D eigenvalue weighted by atomic mass is 32.1. The smallest absolute Gasteiger partial charge is 0.0349 e. The van der Waals surface area contributed by atoms with Gasteiger partial charge >= 0.3 is 0 Å². The summed E-state index contributed by atoms with van der Waals surface area (Å²) in [6.45, 7) is 0. The molecule has 6 aromatic carbocycles. The highest BCUT2D eigenvalue weighted by molar-refractivity contribution is 7.09. The van der Waals surface area contributed by atoms with E-state index in [9.17, 15) is 0 Å². The minimum atomic E-state index is 1.25. The lowest BCUT2D eigenvalue weighted by molar-refractivity contribution is 1.50. The Bertz CT molecular complexity index is 3870. The number of hydrogen-bond acceptors (Lipinski definition) is 6. The molecule has 0 aliphatic carbocycles. The van der Waals surface area contributed by atoms with Gasteiger partial charge in [-0.05, 0) is 135 Å². The molecule has 0 saturated carbocycles. The van der Waals surface area contributed by atoms with Crippen molar-refractivity contribution in [2.24, 2.45) is 0 Å². The van der Waals surface area contributed by atoms with Gasteiger partial charge in [-0.3, -0.25) is 0 Å². The van der Waals surface area contributed by atoms with E-state index in [2.05, 4.69) is 218 Å². The fraction of sp³-hybridized carbons (Fsp3) is 0. The van der Waals surface area contributed by atoms with Gasteiger partial charge in [0.05, 0.1) is 0 Å². The molecule has 0 fully saturated rings. The molecule has 0 unspecified atom stereocenters. The summed E-state index contributed by atoms with van der Waals surface area (Å²) >= 11 is 11.1. The van der Waals surface area contributed by atoms with E-state index in [0.29, 0.717) is 0 Å². The van der Waals surface area contributed by atoms with Crippen molar-refractivity contribution < 1.29 is 0 Å². The van der Waals surface area contributed by atoms with Crippen molar-refractivity contribution in [3.63, 3.8) is 0 Å². The summed E-state index contributed by atoms with van der Waals surface area (Å²) in [6, 6.07) is 81.5. The van der Waals surface area contributed by atoms with E-state index in [1.807, 2.05) is 68.0 Å². The fourth-order valence-electron chi connectivity index (χ4n) is 8.68. The zero-order valence-electron chi connectivity index (χ0n) is 35.2. The van der Waals surface area contributed by atoms with Crippen molar-refractivity contribution in [2.75, 3.05) is 0 Å². The zero-order chi connectivity index (χ0) is 43.6. The second-order valence-electron chi connectivity index (χ2n) is 16.4. The molecule has 28 rings (SSSR count). The van der Waals surface area contributed by atoms with Gasteiger partial charge in [-0.15, -0.1) is 68.0 Å². The molecule has 312 valence electrons. The maximum Gasteiger partial charge on any atom is 0.0349 e. The number of benzene rings is 6. The average Bonchev–Trinajstić information content (AvgIpc) is 4.25. The lowest BCUT2D eigenvalue weighted by Crippen LogP contribution is -1.71. The van der Waals surface area contributed by atoms with Crippen LogP contribution in [0.25, 0.3) is 0 Å². The van der Waals surface area contributed by atoms with Crippen molar-refractivity contribution in [3.05, 3.63) is 335 Å². The third-order valence-corrected chi connectivity index (χ3v) is 19.5. The first-order valence-corrected chi connectivity index (χ1v) is 26.7. The van der Waals surface area contributed by atoms with Crippen LogP contribution in [0, 0.1) is 117 Å². The maximum atomic E-state index is 2.27. The Morgan fingerprint density at radius 1 is 0.106 bits per heavy atom. The number of thiophene rings is 6. The predicted molar refractivity (Wildman–Crippen MR) is 277 cm³/mol. The molecule has 0 N–H and O–H groups in total. The van der Waals surface area contributed by atoms with Crippen LogP contribution < -0.4 is 0 Å². The molecule has 16 aliphatic rings. The minimum absolute atomic E-state index is 1.25. The van der Waals surface area contributed by atoms with Crippen LogP contribution in [0.2, 0.25) is 0 Å². The maximum absolute atomic E-state index is 2.27. The Morgan fingerprint density at radius 3 is 0.258 bits per heavy atom. The topological polar surface area (TPSA) is 0 Å². The predicted octanol–water partition coefficient (Wildman–Crippen LogP) is 15.8. The molecule has 0 radical (unpaired) electrons. The van der Waals surface area contributed by atoms with Crippen molar-refractivity contribution >= 4 is 68.0 Å². The Balaban J connectivity index is 0.994. The molecule has 16 aliphatic heterocycles. The van der Waals surface area contributed by atoms with E-state index < -0.39 is 0 Å². The van der Waals surface area contributed by atoms with Gasteiger partial charge in [0, 0.05) is 54.4 Å². The lowest BCUT2D eigenvalue weighted by atomic mass is 10.2. The first-order valence-electron chi connectivity index (χ1n) is 21.8. The van der Waals surface area contributed by atoms with Crippen LogP contribution >= 0.6 is 68.0 Å². The highest BCUT2D eigenvalue weighted by Crippen LogP contribution is 2.18. The van der Waals surface area contributed by atoms with Crippen LogP contribution in [-0.2, 0) is 0 Å². The van der Waals surface area contributed by atoms with Crippen molar-refractivity contribution in [1.82, 2.24) is 0 Å². The molecule has 12 aromatic rings. The molecule has 0 atom stereocenters. The van der Waals surface area contributed by atoms with Gasteiger partial charge in [-0.25, -0.2) is 0 Å². The van der Waals surface area contributed by atoms with E-state index in [0.717, 1.165) is 0 Å². The van der Waals surface area contributed by atoms with Crippen molar-refractivity contribution in [1.29, 1.82) is 0 Å². The minimum Gasteiger partial charge on any atom is -0.135 e. The third kappa shape index (κ3) is 7.60. The van der Waals surface area contributed by atoms with Gasteiger partial charge in [0.2, 0.25) is 0 Å². The van der Waals surface area contributed by atoms with Crippen LogP contribution in [0.1, 0.15) is 0 Å². The number of rotatable bonds is 0. The van der Waals surface area contributed by atoms with Crippen LogP contribution in [0.5, 0.6) is 0 Å². The SMILES string of the molecule is c1cc2ccc1=c1ccc(s1)=c1ccc(cc1)=c1ccc(s1)=c1ccc(cc1)=c1ccc(s1)=c1ccc(cc1)=c1ccc(s1)=c1ccc(cc1)=c1ccc(s1)=c1ccc(cc1)=c1ccc=2s1. The molecular weight excluding hydrogens is 913 g/mol. The Labute approximate surface area is 400 Å². The van der Waals surface area contributed by atoms with Crippen LogP contribution in [0.3, 0.4) is 0 Å². The van der Waals surface area contributed by atoms with E-state index >= 15 is 0 Å². The van der Waals surface area contributed by atoms with E-state index in [1.165, 1.54) is 117 Å². The molecule has 24 bridgehead atoms. The molecule has 0 spiro atoms. The molecular formula is C60H36S6. The van der Waals surface area contributed by atoms with Gasteiger partial charge in [0.15, 0.2) is 0 Å². The highest BCUT2D eigenvalue weighted by Gasteiger charge is 1.98. The average molecular weight is 949 g/mol. The quantitative estimate of drug-likeness (QED) is 0.142. The lowest BCUT2D eigenvalue weighted by Gasteiger charge is -1.88. The molecule has 0 nitrogen and oxygen atoms in total. The summed E-state index contributed by atoms with van der Waals surface area (Å²) in [5.41, 5.74) is 0. The first-order chi connectivity index (χ1) is 32.6. The van der Waals surface area contributed by atoms with E-state index in [-0.39, 0.29) is 0 Å². The summed E-state index contributed by atoms with van der Waals surface area (Å²) < 4.78 is 15.4. The molecule has 6 heteroatoms. The summed E-state index contributed by atoms with van der Waals surface area (Å²) in [4.78, 5) is 0. The normalized spacial score (nSPS) is 11.6. The summed E-state index contributed by atoms with van der Waals surface area (Å²) in [7, 11) is 0. The van der Waals surface area contributed by atoms with Crippen LogP contribution in [0.4, 0.5) is 0 Å². The Hall–Kier alpha value is -6.48. The molecule has 0 amide bonds. The second-order valence-corrected chi connectivity index (χ2v) is 23.0. The van der Waals surface area contributed by atoms with Gasteiger partial charge in [0.25, 0.3) is 0 Å². The van der Waals surface area contributed by atoms with E-state index in [4.69, 9.17) is 0 Å². The standard InChI is InChI=1S/C60H36S6/c1-2-38-4-3-37(1)49-25-26-51(61-49)39-5-7-41(8-6-39)53-29-30-55(63-53)43-13-15-45(16-14-43)57-33-34-59(65-57)47-21-23-48(24-22-47)60-36-35-58(66-60)46-19-17-44(18-20-46)56-32-31-54(64-56)42-11-9-40(10-12-42)52-28-27-50(38)62-52/h1-36H. The van der Waals surface area contributed by atoms with Crippen molar-refractivity contribution in [3.8, 4) is 0 Å². The van der Waals surface area contributed by atoms with E-state index in [1.54, 1.807) is 0 Å². The Morgan fingerprint density at radius 2 is 0.182 bits per heavy atom. The van der Waals surface area contributed by atoms with Gasteiger partial charge in [-0.2, -0.15) is 0 Å². The summed E-state index contributed by atoms with van der Waals surface area (Å²) in [5, 5.41) is 15.0. The number of hydrogen-bond donors (Lipinski definition) is 0. The largest absolute Gasteiger partial charge is 0.135 e. The van der Waals surface area contributed by atoms with Crippen LogP contribution in [-0.4, -0.2) is 0 Å².